The number of hydrogen-bond acceptors (Lipinski definition) is 3. The van der Waals surface area contributed by atoms with Crippen molar-refractivity contribution in [2.24, 2.45) is 0 Å². The van der Waals surface area contributed by atoms with E-state index in [9.17, 15) is 9.90 Å². The van der Waals surface area contributed by atoms with E-state index in [1.54, 1.807) is 6.07 Å². The van der Waals surface area contributed by atoms with Gasteiger partial charge in [-0.05, 0) is 67.2 Å². The van der Waals surface area contributed by atoms with Gasteiger partial charge in [-0.25, -0.2) is 0 Å². The molecule has 0 bridgehead atoms. The first-order valence-electron chi connectivity index (χ1n) is 9.12. The summed E-state index contributed by atoms with van der Waals surface area (Å²) in [6, 6.07) is 15.1. The molecular formula is C21H25ClN2O2. The Kier molecular flexibility index (Phi) is 6.53. The molecular weight excluding hydrogens is 348 g/mol. The Hall–Kier alpha value is -2.04. The fraction of sp³-hybridized carbons (Fsp3) is 0.381. The van der Waals surface area contributed by atoms with Crippen molar-refractivity contribution in [2.45, 2.75) is 31.7 Å². The lowest BCUT2D eigenvalue weighted by Crippen LogP contribution is -2.36. The Labute approximate surface area is 159 Å². The van der Waals surface area contributed by atoms with Crippen LogP contribution in [0.3, 0.4) is 0 Å². The molecule has 1 heterocycles. The first-order chi connectivity index (χ1) is 12.6. The second-order valence-corrected chi connectivity index (χ2v) is 7.30. The van der Waals surface area contributed by atoms with Crippen LogP contribution in [0.25, 0.3) is 0 Å². The van der Waals surface area contributed by atoms with Gasteiger partial charge < -0.3 is 15.3 Å². The van der Waals surface area contributed by atoms with E-state index in [2.05, 4.69) is 16.3 Å². The van der Waals surface area contributed by atoms with Gasteiger partial charge in [0.05, 0.1) is 0 Å². The molecule has 3 rings (SSSR count). The number of nitrogens with one attached hydrogen (secondary N) is 1. The maximum absolute atomic E-state index is 12.1. The van der Waals surface area contributed by atoms with Gasteiger partial charge in [-0.1, -0.05) is 35.9 Å². The minimum absolute atomic E-state index is 0.0695. The Morgan fingerprint density at radius 2 is 1.92 bits per heavy atom. The van der Waals surface area contributed by atoms with Crippen LogP contribution in [0.15, 0.2) is 48.5 Å². The Morgan fingerprint density at radius 3 is 2.65 bits per heavy atom. The lowest BCUT2D eigenvalue weighted by atomic mass is 9.89. The first kappa shape index (κ1) is 18.7. The predicted molar refractivity (Wildman–Crippen MR) is 104 cm³/mol. The van der Waals surface area contributed by atoms with Crippen molar-refractivity contribution in [1.82, 2.24) is 10.2 Å². The number of nitrogens with zero attached hydrogens (tertiary/aromatic N) is 1. The van der Waals surface area contributed by atoms with Crippen molar-refractivity contribution < 1.29 is 9.90 Å². The van der Waals surface area contributed by atoms with Crippen molar-refractivity contribution in [3.63, 3.8) is 0 Å². The maximum Gasteiger partial charge on any atom is 0.221 e. The zero-order chi connectivity index (χ0) is 18.4. The highest BCUT2D eigenvalue weighted by Crippen LogP contribution is 2.29. The van der Waals surface area contributed by atoms with Crippen LogP contribution in [0.5, 0.6) is 5.75 Å². The summed E-state index contributed by atoms with van der Waals surface area (Å²) in [5, 5.41) is 13.3. The summed E-state index contributed by atoms with van der Waals surface area (Å²) in [7, 11) is 0. The normalized spacial score (nSPS) is 15.7. The molecule has 1 amide bonds. The summed E-state index contributed by atoms with van der Waals surface area (Å²) in [5.41, 5.74) is 2.22. The van der Waals surface area contributed by atoms with E-state index in [4.69, 9.17) is 11.6 Å². The van der Waals surface area contributed by atoms with E-state index in [1.165, 1.54) is 5.56 Å². The number of piperidine rings is 1. The molecule has 5 heteroatoms. The van der Waals surface area contributed by atoms with Gasteiger partial charge in [-0.2, -0.15) is 0 Å². The van der Waals surface area contributed by atoms with Crippen molar-refractivity contribution in [3.05, 3.63) is 64.7 Å². The van der Waals surface area contributed by atoms with Gasteiger partial charge in [0.1, 0.15) is 5.75 Å². The van der Waals surface area contributed by atoms with Crippen LogP contribution in [-0.2, 0) is 11.3 Å². The van der Waals surface area contributed by atoms with Crippen LogP contribution >= 0.6 is 11.6 Å². The molecule has 0 aliphatic carbocycles. The quantitative estimate of drug-likeness (QED) is 0.807. The average molecular weight is 373 g/mol. The molecule has 0 spiro atoms. The smallest absolute Gasteiger partial charge is 0.221 e. The zero-order valence-electron chi connectivity index (χ0n) is 14.8. The summed E-state index contributed by atoms with van der Waals surface area (Å²) < 4.78 is 0. The van der Waals surface area contributed by atoms with Crippen LogP contribution in [0.1, 0.15) is 36.3 Å². The molecule has 0 atom stereocenters. The number of aromatic hydroxyl groups is 1. The number of benzene rings is 2. The van der Waals surface area contributed by atoms with Gasteiger partial charge in [0.15, 0.2) is 0 Å². The second kappa shape index (κ2) is 9.06. The number of rotatable bonds is 6. The van der Waals surface area contributed by atoms with Gasteiger partial charge >= 0.3 is 0 Å². The van der Waals surface area contributed by atoms with E-state index >= 15 is 0 Å². The van der Waals surface area contributed by atoms with E-state index < -0.39 is 0 Å². The molecule has 0 saturated carbocycles. The lowest BCUT2D eigenvalue weighted by Gasteiger charge is -2.32. The first-order valence-corrected chi connectivity index (χ1v) is 9.50. The van der Waals surface area contributed by atoms with E-state index in [0.717, 1.165) is 38.0 Å². The van der Waals surface area contributed by atoms with Crippen molar-refractivity contribution in [2.75, 3.05) is 19.6 Å². The molecule has 1 fully saturated rings. The average Bonchev–Trinajstić information content (AvgIpc) is 2.65. The third-order valence-corrected chi connectivity index (χ3v) is 5.20. The molecule has 0 unspecified atom stereocenters. The summed E-state index contributed by atoms with van der Waals surface area (Å²) in [4.78, 5) is 14.4. The number of halogens is 1. The molecule has 4 nitrogen and oxygen atoms in total. The number of phenolic OH excluding ortho intramolecular Hbond substituents is 1. The third kappa shape index (κ3) is 5.48. The van der Waals surface area contributed by atoms with Gasteiger partial charge in [-0.15, -0.1) is 0 Å². The highest BCUT2D eigenvalue weighted by Gasteiger charge is 2.21. The van der Waals surface area contributed by atoms with Crippen molar-refractivity contribution in [3.8, 4) is 5.75 Å². The number of amides is 1. The molecule has 1 saturated heterocycles. The Balaban J connectivity index is 1.37. The Morgan fingerprint density at radius 1 is 1.15 bits per heavy atom. The van der Waals surface area contributed by atoms with Crippen molar-refractivity contribution >= 4 is 17.5 Å². The number of hydrogen-bond donors (Lipinski definition) is 2. The predicted octanol–water partition coefficient (Wildman–Crippen LogP) is 3.93. The highest BCUT2D eigenvalue weighted by atomic mass is 35.5. The molecule has 1 aliphatic rings. The molecule has 2 aromatic rings. The summed E-state index contributed by atoms with van der Waals surface area (Å²) >= 11 is 5.95. The van der Waals surface area contributed by atoms with E-state index in [1.807, 2.05) is 36.4 Å². The fourth-order valence-electron chi connectivity index (χ4n) is 3.46. The molecule has 0 radical (unpaired) electrons. The second-order valence-electron chi connectivity index (χ2n) is 6.87. The van der Waals surface area contributed by atoms with E-state index in [-0.39, 0.29) is 5.91 Å². The van der Waals surface area contributed by atoms with Gasteiger partial charge in [0.25, 0.3) is 0 Å². The lowest BCUT2D eigenvalue weighted by molar-refractivity contribution is -0.121. The van der Waals surface area contributed by atoms with Gasteiger partial charge in [0.2, 0.25) is 5.91 Å². The largest absolute Gasteiger partial charge is 0.508 e. The third-order valence-electron chi connectivity index (χ3n) is 4.96. The number of carbonyl (C=O) groups is 1. The number of likely N-dealkylation sites (tertiary alicyclic amines) is 1. The molecule has 26 heavy (non-hydrogen) atoms. The zero-order valence-corrected chi connectivity index (χ0v) is 15.6. The van der Waals surface area contributed by atoms with Gasteiger partial charge in [0, 0.05) is 24.5 Å². The van der Waals surface area contributed by atoms with Crippen LogP contribution in [0.4, 0.5) is 0 Å². The standard InChI is InChI=1S/C21H25ClN2O2/c22-19-5-1-3-16(13-19)15-23-21(26)9-12-24-10-7-17(8-11-24)18-4-2-6-20(25)14-18/h1-6,13-14,17,25H,7-12,15H2,(H,23,26). The molecule has 0 aromatic heterocycles. The topological polar surface area (TPSA) is 52.6 Å². The minimum atomic E-state index is 0.0695. The fourth-order valence-corrected chi connectivity index (χ4v) is 3.68. The number of carbonyl (C=O) groups excluding carboxylic acids is 1. The SMILES string of the molecule is O=C(CCN1CCC(c2cccc(O)c2)CC1)NCc1cccc(Cl)c1. The summed E-state index contributed by atoms with van der Waals surface area (Å²) in [6.45, 7) is 3.27. The minimum Gasteiger partial charge on any atom is -0.508 e. The molecule has 138 valence electrons. The summed E-state index contributed by atoms with van der Waals surface area (Å²) in [6.07, 6.45) is 2.64. The monoisotopic (exact) mass is 372 g/mol. The highest BCUT2D eigenvalue weighted by molar-refractivity contribution is 6.30. The molecule has 2 N–H and O–H groups in total. The van der Waals surface area contributed by atoms with Crippen LogP contribution in [0, 0.1) is 0 Å². The number of phenols is 1. The van der Waals surface area contributed by atoms with Crippen LogP contribution in [0.2, 0.25) is 5.02 Å². The van der Waals surface area contributed by atoms with Crippen molar-refractivity contribution in [1.29, 1.82) is 0 Å². The molecule has 2 aromatic carbocycles. The summed E-state index contributed by atoms with van der Waals surface area (Å²) in [5.74, 6) is 0.899. The maximum atomic E-state index is 12.1. The van der Waals surface area contributed by atoms with E-state index in [0.29, 0.717) is 29.7 Å². The Bertz CT molecular complexity index is 742. The molecule has 1 aliphatic heterocycles. The van der Waals surface area contributed by atoms with Crippen LogP contribution < -0.4 is 5.32 Å². The van der Waals surface area contributed by atoms with Crippen LogP contribution in [-0.4, -0.2) is 35.5 Å². The van der Waals surface area contributed by atoms with Gasteiger partial charge in [-0.3, -0.25) is 4.79 Å².